The minimum absolute atomic E-state index is 0.105. The largest absolute Gasteiger partial charge is 0.481 e. The number of carboxylic acid groups (broad SMARTS) is 1. The van der Waals surface area contributed by atoms with E-state index in [-0.39, 0.29) is 17.8 Å². The molecular weight excluding hydrogens is 422 g/mol. The standard InChI is InChI=1S/C25H27F4NO2/c26-21-11-7-18(8-12-21)23-22(17-5-9-20(10-6-17)25(27,28)29)2-1-13-30(23)15-19(24(31)32)14-16-3-4-16/h5-12,16,19,22-23H,1-4,13-15H2,(H,31,32). The van der Waals surface area contributed by atoms with Crippen molar-refractivity contribution in [1.29, 1.82) is 0 Å². The van der Waals surface area contributed by atoms with E-state index < -0.39 is 23.6 Å². The average Bonchev–Trinajstić information content (AvgIpc) is 3.57. The number of rotatable bonds is 7. The Hall–Kier alpha value is -2.41. The van der Waals surface area contributed by atoms with Crippen LogP contribution in [0.3, 0.4) is 0 Å². The zero-order valence-electron chi connectivity index (χ0n) is 17.7. The summed E-state index contributed by atoms with van der Waals surface area (Å²) < 4.78 is 52.7. The number of benzene rings is 2. The van der Waals surface area contributed by atoms with Gasteiger partial charge in [0.1, 0.15) is 5.82 Å². The van der Waals surface area contributed by atoms with Gasteiger partial charge >= 0.3 is 12.1 Å². The molecule has 1 saturated carbocycles. The van der Waals surface area contributed by atoms with Crippen molar-refractivity contribution < 1.29 is 27.5 Å². The summed E-state index contributed by atoms with van der Waals surface area (Å²) in [6.45, 7) is 1.08. The molecule has 1 aliphatic carbocycles. The zero-order chi connectivity index (χ0) is 22.9. The van der Waals surface area contributed by atoms with Crippen molar-refractivity contribution in [3.05, 3.63) is 71.0 Å². The van der Waals surface area contributed by atoms with E-state index in [0.29, 0.717) is 25.4 Å². The van der Waals surface area contributed by atoms with Gasteiger partial charge in [0, 0.05) is 18.5 Å². The molecule has 2 aromatic rings. The molecule has 0 bridgehead atoms. The van der Waals surface area contributed by atoms with E-state index in [9.17, 15) is 27.5 Å². The van der Waals surface area contributed by atoms with Gasteiger partial charge in [-0.1, -0.05) is 37.1 Å². The summed E-state index contributed by atoms with van der Waals surface area (Å²) in [5.41, 5.74) is 0.945. The van der Waals surface area contributed by atoms with Crippen LogP contribution < -0.4 is 0 Å². The van der Waals surface area contributed by atoms with Crippen LogP contribution in [-0.4, -0.2) is 29.1 Å². The molecule has 0 spiro atoms. The van der Waals surface area contributed by atoms with Crippen LogP contribution in [0.5, 0.6) is 0 Å². The molecule has 2 fully saturated rings. The number of aliphatic carboxylic acids is 1. The maximum Gasteiger partial charge on any atom is 0.416 e. The van der Waals surface area contributed by atoms with E-state index in [4.69, 9.17) is 0 Å². The number of piperidine rings is 1. The van der Waals surface area contributed by atoms with Crippen molar-refractivity contribution in [1.82, 2.24) is 4.90 Å². The molecule has 32 heavy (non-hydrogen) atoms. The fourth-order valence-corrected chi connectivity index (χ4v) is 4.93. The van der Waals surface area contributed by atoms with Crippen molar-refractivity contribution in [2.24, 2.45) is 11.8 Å². The molecule has 3 atom stereocenters. The van der Waals surface area contributed by atoms with E-state index in [0.717, 1.165) is 48.9 Å². The number of likely N-dealkylation sites (tertiary alicyclic amines) is 1. The lowest BCUT2D eigenvalue weighted by Crippen LogP contribution is -2.42. The van der Waals surface area contributed by atoms with E-state index in [2.05, 4.69) is 4.90 Å². The highest BCUT2D eigenvalue weighted by molar-refractivity contribution is 5.70. The smallest absolute Gasteiger partial charge is 0.416 e. The minimum atomic E-state index is -4.40. The lowest BCUT2D eigenvalue weighted by Gasteiger charge is -2.43. The Morgan fingerprint density at radius 3 is 2.19 bits per heavy atom. The fraction of sp³-hybridized carbons (Fsp3) is 0.480. The summed E-state index contributed by atoms with van der Waals surface area (Å²) in [6.07, 6.45) is -0.0277. The van der Waals surface area contributed by atoms with Crippen molar-refractivity contribution in [2.75, 3.05) is 13.1 Å². The van der Waals surface area contributed by atoms with Gasteiger partial charge in [0.05, 0.1) is 11.5 Å². The van der Waals surface area contributed by atoms with Crippen LogP contribution in [0, 0.1) is 17.7 Å². The van der Waals surface area contributed by atoms with Gasteiger partial charge in [-0.15, -0.1) is 0 Å². The molecule has 3 unspecified atom stereocenters. The molecule has 0 radical (unpaired) electrons. The highest BCUT2D eigenvalue weighted by atomic mass is 19.4. The van der Waals surface area contributed by atoms with Gasteiger partial charge in [-0.3, -0.25) is 9.69 Å². The first-order chi connectivity index (χ1) is 15.2. The molecule has 172 valence electrons. The van der Waals surface area contributed by atoms with Crippen LogP contribution in [0.2, 0.25) is 0 Å². The fourth-order valence-electron chi connectivity index (χ4n) is 4.93. The Morgan fingerprint density at radius 2 is 1.62 bits per heavy atom. The van der Waals surface area contributed by atoms with E-state index in [1.807, 2.05) is 0 Å². The second-order valence-corrected chi connectivity index (χ2v) is 9.07. The first kappa shape index (κ1) is 22.8. The van der Waals surface area contributed by atoms with Crippen molar-refractivity contribution in [3.63, 3.8) is 0 Å². The molecule has 1 saturated heterocycles. The topological polar surface area (TPSA) is 40.5 Å². The van der Waals surface area contributed by atoms with Gasteiger partial charge in [-0.25, -0.2) is 4.39 Å². The van der Waals surface area contributed by atoms with Gasteiger partial charge in [-0.2, -0.15) is 13.2 Å². The van der Waals surface area contributed by atoms with Crippen LogP contribution in [0.1, 0.15) is 60.8 Å². The SMILES string of the molecule is O=C(O)C(CC1CC1)CN1CCCC(c2ccc(C(F)(F)F)cc2)C1c1ccc(F)cc1. The molecular formula is C25H27F4NO2. The predicted octanol–water partition coefficient (Wildman–Crippen LogP) is 6.27. The van der Waals surface area contributed by atoms with Gasteiger partial charge in [0.25, 0.3) is 0 Å². The number of carbonyl (C=O) groups is 1. The molecule has 2 aromatic carbocycles. The van der Waals surface area contributed by atoms with Crippen molar-refractivity contribution >= 4 is 5.97 Å². The second kappa shape index (κ2) is 9.22. The number of hydrogen-bond acceptors (Lipinski definition) is 2. The predicted molar refractivity (Wildman–Crippen MR) is 113 cm³/mol. The summed E-state index contributed by atoms with van der Waals surface area (Å²) in [6, 6.07) is 11.2. The third kappa shape index (κ3) is 5.31. The van der Waals surface area contributed by atoms with E-state index >= 15 is 0 Å². The first-order valence-electron chi connectivity index (χ1n) is 11.1. The molecule has 0 aromatic heterocycles. The number of hydrogen-bond donors (Lipinski definition) is 1. The maximum absolute atomic E-state index is 13.6. The summed E-state index contributed by atoms with van der Waals surface area (Å²) >= 11 is 0. The third-order valence-corrected chi connectivity index (χ3v) is 6.73. The number of halogens is 4. The Bertz CT molecular complexity index is 922. The van der Waals surface area contributed by atoms with Gasteiger partial charge in [-0.05, 0) is 67.1 Å². The van der Waals surface area contributed by atoms with Crippen LogP contribution in [0.15, 0.2) is 48.5 Å². The molecule has 1 aliphatic heterocycles. The Morgan fingerprint density at radius 1 is 1.00 bits per heavy atom. The monoisotopic (exact) mass is 449 g/mol. The highest BCUT2D eigenvalue weighted by Gasteiger charge is 2.38. The maximum atomic E-state index is 13.6. The Kier molecular flexibility index (Phi) is 6.56. The molecule has 1 N–H and O–H groups in total. The highest BCUT2D eigenvalue weighted by Crippen LogP contribution is 2.44. The molecule has 3 nitrogen and oxygen atoms in total. The van der Waals surface area contributed by atoms with Gasteiger partial charge < -0.3 is 5.11 Å². The van der Waals surface area contributed by atoms with Crippen LogP contribution in [-0.2, 0) is 11.0 Å². The Labute approximate surface area is 185 Å². The lowest BCUT2D eigenvalue weighted by atomic mass is 9.79. The van der Waals surface area contributed by atoms with Gasteiger partial charge in [0.2, 0.25) is 0 Å². The van der Waals surface area contributed by atoms with Crippen LogP contribution in [0.25, 0.3) is 0 Å². The average molecular weight is 449 g/mol. The molecule has 2 aliphatic rings. The summed E-state index contributed by atoms with van der Waals surface area (Å²) in [5, 5.41) is 9.78. The molecule has 4 rings (SSSR count). The number of alkyl halides is 3. The summed E-state index contributed by atoms with van der Waals surface area (Å²) in [5.74, 6) is -1.30. The van der Waals surface area contributed by atoms with Gasteiger partial charge in [0.15, 0.2) is 0 Å². The normalized spacial score (nSPS) is 23.1. The van der Waals surface area contributed by atoms with E-state index in [1.54, 1.807) is 12.1 Å². The molecule has 7 heteroatoms. The van der Waals surface area contributed by atoms with Crippen molar-refractivity contribution in [2.45, 2.75) is 50.2 Å². The Balaban J connectivity index is 1.65. The van der Waals surface area contributed by atoms with E-state index in [1.165, 1.54) is 24.3 Å². The number of nitrogens with zero attached hydrogens (tertiary/aromatic N) is 1. The molecule has 0 amide bonds. The van der Waals surface area contributed by atoms with Crippen LogP contribution >= 0.6 is 0 Å². The minimum Gasteiger partial charge on any atom is -0.481 e. The number of carboxylic acids is 1. The summed E-state index contributed by atoms with van der Waals surface area (Å²) in [7, 11) is 0. The molecule has 1 heterocycles. The lowest BCUT2D eigenvalue weighted by molar-refractivity contribution is -0.143. The zero-order valence-corrected chi connectivity index (χ0v) is 17.7. The third-order valence-electron chi connectivity index (χ3n) is 6.73. The van der Waals surface area contributed by atoms with Crippen LogP contribution in [0.4, 0.5) is 17.6 Å². The second-order valence-electron chi connectivity index (χ2n) is 9.07. The first-order valence-corrected chi connectivity index (χ1v) is 11.1. The van der Waals surface area contributed by atoms with Crippen molar-refractivity contribution in [3.8, 4) is 0 Å². The summed E-state index contributed by atoms with van der Waals surface area (Å²) in [4.78, 5) is 14.1. The quantitative estimate of drug-likeness (QED) is 0.507.